The van der Waals surface area contributed by atoms with Crippen molar-refractivity contribution in [3.8, 4) is 0 Å². The second-order valence-corrected chi connectivity index (χ2v) is 9.87. The van der Waals surface area contributed by atoms with Crippen LogP contribution in [0.15, 0.2) is 49.6 Å². The summed E-state index contributed by atoms with van der Waals surface area (Å²) in [4.78, 5) is 14.9. The van der Waals surface area contributed by atoms with Crippen molar-refractivity contribution in [3.05, 3.63) is 110 Å². The van der Waals surface area contributed by atoms with Crippen LogP contribution in [0.2, 0.25) is 0 Å². The van der Waals surface area contributed by atoms with Gasteiger partial charge in [0.15, 0.2) is 46.5 Å². The highest BCUT2D eigenvalue weighted by Crippen LogP contribution is 2.27. The van der Waals surface area contributed by atoms with Crippen molar-refractivity contribution < 1.29 is 35.1 Å². The summed E-state index contributed by atoms with van der Waals surface area (Å²) >= 11 is 4.81. The molecule has 0 unspecified atom stereocenters. The predicted octanol–water partition coefficient (Wildman–Crippen LogP) is 7.86. The molecule has 0 N–H and O–H groups in total. The minimum atomic E-state index is -1.35. The Kier molecular flexibility index (Phi) is 15.3. The molecule has 0 saturated carbocycles. The molecule has 0 spiro atoms. The summed E-state index contributed by atoms with van der Waals surface area (Å²) in [5.74, 6) is -10.8. The fourth-order valence-corrected chi connectivity index (χ4v) is 3.56. The van der Waals surface area contributed by atoms with Gasteiger partial charge in [-0.2, -0.15) is 0 Å². The van der Waals surface area contributed by atoms with Crippen LogP contribution in [0.3, 0.4) is 0 Å². The van der Waals surface area contributed by atoms with E-state index in [4.69, 9.17) is 0 Å². The van der Waals surface area contributed by atoms with E-state index >= 15 is 0 Å². The molecule has 0 bridgehead atoms. The Hall–Kier alpha value is -1.04. The average Bonchev–Trinajstić information content (AvgIpc) is 2.93. The van der Waals surface area contributed by atoms with E-state index in [1.165, 1.54) is 90.4 Å². The van der Waals surface area contributed by atoms with Crippen LogP contribution < -0.4 is 0 Å². The largest absolute Gasteiger partial charge is 0.262 e. The smallest absolute Gasteiger partial charge is 0.176 e. The Morgan fingerprint density at radius 2 is 0.417 bits per heavy atom. The minimum Gasteiger partial charge on any atom is -0.262 e. The van der Waals surface area contributed by atoms with Gasteiger partial charge in [-0.3, -0.25) is 19.9 Å². The van der Waals surface area contributed by atoms with Crippen molar-refractivity contribution in [2.24, 2.45) is 0 Å². The van der Waals surface area contributed by atoms with E-state index in [1.807, 2.05) is 0 Å². The summed E-state index contributed by atoms with van der Waals surface area (Å²) in [7, 11) is 0. The Morgan fingerprint density at radius 3 is 0.500 bits per heavy atom. The van der Waals surface area contributed by atoms with E-state index in [0.29, 0.717) is 0 Å². The van der Waals surface area contributed by atoms with Gasteiger partial charge in [0.05, 0.1) is 14.3 Å². The number of halogens is 12. The molecule has 0 saturated heterocycles. The fourth-order valence-electron chi connectivity index (χ4n) is 1.66. The second-order valence-electron chi connectivity index (χ2n) is 5.56. The van der Waals surface area contributed by atoms with Gasteiger partial charge in [-0.1, -0.05) is 0 Å². The Balaban J connectivity index is 0.000000252. The van der Waals surface area contributed by atoms with Crippen LogP contribution >= 0.6 is 90.4 Å². The lowest BCUT2D eigenvalue weighted by molar-refractivity contribution is 0.437. The van der Waals surface area contributed by atoms with Crippen LogP contribution in [0.5, 0.6) is 0 Å². The van der Waals surface area contributed by atoms with Crippen molar-refractivity contribution in [2.45, 2.75) is 0 Å². The molecule has 4 rings (SSSR count). The van der Waals surface area contributed by atoms with Crippen molar-refractivity contribution in [2.75, 3.05) is 0 Å². The highest BCUT2D eigenvalue weighted by Gasteiger charge is 2.22. The first-order chi connectivity index (χ1) is 16.9. The third-order valence-electron chi connectivity index (χ3n) is 3.27. The van der Waals surface area contributed by atoms with Crippen LogP contribution in [0, 0.1) is 60.8 Å². The summed E-state index contributed by atoms with van der Waals surface area (Å²) < 4.78 is 98.5. The molecule has 0 aliphatic rings. The Morgan fingerprint density at radius 1 is 0.306 bits per heavy atom. The van der Waals surface area contributed by atoms with Crippen molar-refractivity contribution in [1.29, 1.82) is 0 Å². The van der Waals surface area contributed by atoms with Gasteiger partial charge in [0.1, 0.15) is 0 Å². The first-order valence-electron chi connectivity index (χ1n) is 8.67. The highest BCUT2D eigenvalue weighted by molar-refractivity contribution is 14.1. The third-order valence-corrected chi connectivity index (χ3v) is 7.06. The third kappa shape index (κ3) is 9.68. The van der Waals surface area contributed by atoms with Crippen molar-refractivity contribution >= 4 is 90.4 Å². The zero-order chi connectivity index (χ0) is 27.4. The van der Waals surface area contributed by atoms with E-state index in [1.54, 1.807) is 49.6 Å². The molecule has 192 valence electrons. The summed E-state index contributed by atoms with van der Waals surface area (Å²) in [6.45, 7) is 0. The van der Waals surface area contributed by atoms with Crippen LogP contribution in [-0.2, 0) is 0 Å². The highest BCUT2D eigenvalue weighted by atomic mass is 127. The number of aromatic nitrogens is 4. The quantitative estimate of drug-likeness (QED) is 0.0781. The lowest BCUT2D eigenvalue weighted by Gasteiger charge is -2.02. The van der Waals surface area contributed by atoms with Crippen LogP contribution in [0.4, 0.5) is 35.1 Å². The maximum atomic E-state index is 12.6. The van der Waals surface area contributed by atoms with E-state index in [2.05, 4.69) is 19.9 Å². The van der Waals surface area contributed by atoms with Gasteiger partial charge in [0.2, 0.25) is 0 Å². The topological polar surface area (TPSA) is 51.6 Å². The van der Waals surface area contributed by atoms with E-state index in [9.17, 15) is 35.1 Å². The van der Waals surface area contributed by atoms with E-state index in [-0.39, 0.29) is 0 Å². The molecule has 2 aromatic heterocycles. The van der Waals surface area contributed by atoms with Gasteiger partial charge in [-0.15, -0.1) is 0 Å². The zero-order valence-corrected chi connectivity index (χ0v) is 25.6. The zero-order valence-electron chi connectivity index (χ0n) is 16.9. The molecule has 0 aliphatic carbocycles. The standard InChI is InChI=1S/2C6F4I2.2C4H4N2/c2*7-1-2(8)6(12)4(10)3(9)5(1)11;2*1-2-6-4-3-5-1/h;;2*1-4H. The summed E-state index contributed by atoms with van der Waals surface area (Å²) in [6.07, 6.45) is 13.1. The SMILES string of the molecule is Fc1c(F)c(I)c(F)c(F)c1I.Fc1c(F)c(I)c(F)c(F)c1I.c1cnccn1.c1cnccn1. The Labute approximate surface area is 253 Å². The molecule has 0 radical (unpaired) electrons. The summed E-state index contributed by atoms with van der Waals surface area (Å²) in [6, 6.07) is 0. The van der Waals surface area contributed by atoms with E-state index in [0.717, 1.165) is 0 Å². The molecule has 0 fully saturated rings. The average molecular weight is 964 g/mol. The van der Waals surface area contributed by atoms with Gasteiger partial charge < -0.3 is 0 Å². The molecular formula is C20H8F8I4N4. The molecule has 2 heterocycles. The first-order valence-corrected chi connectivity index (χ1v) is 13.0. The van der Waals surface area contributed by atoms with Gasteiger partial charge in [0.25, 0.3) is 0 Å². The minimum absolute atomic E-state index is 0.664. The van der Waals surface area contributed by atoms with Gasteiger partial charge in [0, 0.05) is 49.6 Å². The number of nitrogens with zero attached hydrogens (tertiary/aromatic N) is 4. The summed E-state index contributed by atoms with van der Waals surface area (Å²) in [5.41, 5.74) is 0. The molecule has 0 amide bonds. The molecule has 4 nitrogen and oxygen atoms in total. The molecule has 36 heavy (non-hydrogen) atoms. The van der Waals surface area contributed by atoms with Crippen molar-refractivity contribution in [1.82, 2.24) is 19.9 Å². The molecule has 16 heteroatoms. The first kappa shape index (κ1) is 33.0. The fraction of sp³-hybridized carbons (Fsp3) is 0. The monoisotopic (exact) mass is 964 g/mol. The maximum Gasteiger partial charge on any atom is 0.176 e. The van der Waals surface area contributed by atoms with Crippen LogP contribution in [0.1, 0.15) is 0 Å². The van der Waals surface area contributed by atoms with Crippen molar-refractivity contribution in [3.63, 3.8) is 0 Å². The molecule has 4 aromatic rings. The number of hydrogen-bond donors (Lipinski definition) is 0. The van der Waals surface area contributed by atoms with Gasteiger partial charge in [-0.05, 0) is 90.4 Å². The lowest BCUT2D eigenvalue weighted by atomic mass is 10.3. The number of hydrogen-bond acceptors (Lipinski definition) is 4. The molecule has 0 atom stereocenters. The number of rotatable bonds is 0. The summed E-state index contributed by atoms with van der Waals surface area (Å²) in [5, 5.41) is 0. The van der Waals surface area contributed by atoms with Crippen LogP contribution in [-0.4, -0.2) is 19.9 Å². The maximum absolute atomic E-state index is 12.6. The van der Waals surface area contributed by atoms with Crippen LogP contribution in [0.25, 0.3) is 0 Å². The molecule has 2 aromatic carbocycles. The lowest BCUT2D eigenvalue weighted by Crippen LogP contribution is -2.02. The predicted molar refractivity (Wildman–Crippen MR) is 147 cm³/mol. The normalized spacial score (nSPS) is 9.67. The molecular weight excluding hydrogens is 956 g/mol. The second kappa shape index (κ2) is 16.7. The molecule has 0 aliphatic heterocycles. The van der Waals surface area contributed by atoms with E-state index < -0.39 is 60.8 Å². The number of benzene rings is 2. The Bertz CT molecular complexity index is 910. The van der Waals surface area contributed by atoms with Gasteiger partial charge in [-0.25, -0.2) is 35.1 Å². The van der Waals surface area contributed by atoms with Gasteiger partial charge >= 0.3 is 0 Å².